The van der Waals surface area contributed by atoms with Gasteiger partial charge < -0.3 is 15.0 Å². The number of rotatable bonds is 5. The summed E-state index contributed by atoms with van der Waals surface area (Å²) >= 11 is 0. The fourth-order valence-corrected chi connectivity index (χ4v) is 2.91. The third-order valence-corrected chi connectivity index (χ3v) is 4.31. The zero-order chi connectivity index (χ0) is 19.4. The standard InChI is InChI=1S/C19H20F3N3O2/c1-13-10-15(25-8-2-3-9-25)5-6-16(13)24-18(26)14-4-7-17(23-11-14)27-12-19(20,21)22/h4-7,10-11H,2-3,8-9,12H2,1H3,(H,24,26). The van der Waals surface area contributed by atoms with Crippen molar-refractivity contribution in [1.29, 1.82) is 0 Å². The lowest BCUT2D eigenvalue weighted by molar-refractivity contribution is -0.154. The number of amides is 1. The number of nitrogens with zero attached hydrogens (tertiary/aromatic N) is 2. The van der Waals surface area contributed by atoms with Crippen LogP contribution >= 0.6 is 0 Å². The number of carbonyl (C=O) groups excluding carboxylic acids is 1. The van der Waals surface area contributed by atoms with Gasteiger partial charge in [-0.3, -0.25) is 4.79 Å². The molecule has 1 amide bonds. The van der Waals surface area contributed by atoms with Gasteiger partial charge in [-0.25, -0.2) is 4.98 Å². The Bertz CT molecular complexity index is 801. The molecule has 5 nitrogen and oxygen atoms in total. The number of hydrogen-bond acceptors (Lipinski definition) is 4. The molecule has 144 valence electrons. The maximum Gasteiger partial charge on any atom is 0.422 e. The van der Waals surface area contributed by atoms with Crippen LogP contribution < -0.4 is 15.0 Å². The zero-order valence-electron chi connectivity index (χ0n) is 14.8. The molecule has 3 rings (SSSR count). The second kappa shape index (κ2) is 7.85. The van der Waals surface area contributed by atoms with Crippen LogP contribution in [0.3, 0.4) is 0 Å². The van der Waals surface area contributed by atoms with Crippen molar-refractivity contribution in [2.45, 2.75) is 25.9 Å². The van der Waals surface area contributed by atoms with Crippen LogP contribution in [0.1, 0.15) is 28.8 Å². The molecule has 2 aromatic rings. The van der Waals surface area contributed by atoms with E-state index in [1.165, 1.54) is 31.2 Å². The van der Waals surface area contributed by atoms with Crippen LogP contribution in [0.2, 0.25) is 0 Å². The summed E-state index contributed by atoms with van der Waals surface area (Å²) in [6.07, 6.45) is -0.869. The summed E-state index contributed by atoms with van der Waals surface area (Å²) in [5.41, 5.74) is 2.99. The number of carbonyl (C=O) groups is 1. The van der Waals surface area contributed by atoms with Crippen LogP contribution in [0, 0.1) is 6.92 Å². The number of pyridine rings is 1. The molecular weight excluding hydrogens is 359 g/mol. The highest BCUT2D eigenvalue weighted by atomic mass is 19.4. The van der Waals surface area contributed by atoms with Crippen molar-refractivity contribution in [2.75, 3.05) is 29.9 Å². The summed E-state index contributed by atoms with van der Waals surface area (Å²) in [7, 11) is 0. The fraction of sp³-hybridized carbons (Fsp3) is 0.368. The highest BCUT2D eigenvalue weighted by Gasteiger charge is 2.28. The second-order valence-electron chi connectivity index (χ2n) is 6.44. The number of nitrogens with one attached hydrogen (secondary N) is 1. The first kappa shape index (κ1) is 19.0. The molecule has 1 N–H and O–H groups in total. The lowest BCUT2D eigenvalue weighted by atomic mass is 10.1. The van der Waals surface area contributed by atoms with Gasteiger partial charge in [0.25, 0.3) is 5.91 Å². The average molecular weight is 379 g/mol. The lowest BCUT2D eigenvalue weighted by Crippen LogP contribution is -2.20. The minimum absolute atomic E-state index is 0.185. The van der Waals surface area contributed by atoms with E-state index >= 15 is 0 Å². The molecule has 0 unspecified atom stereocenters. The van der Waals surface area contributed by atoms with Crippen molar-refractivity contribution >= 4 is 17.3 Å². The van der Waals surface area contributed by atoms with Crippen molar-refractivity contribution in [3.8, 4) is 5.88 Å². The fourth-order valence-electron chi connectivity index (χ4n) is 2.91. The minimum Gasteiger partial charge on any atom is -0.468 e. The number of anilines is 2. The molecule has 0 bridgehead atoms. The molecular formula is C19H20F3N3O2. The molecule has 0 spiro atoms. The van der Waals surface area contributed by atoms with Gasteiger partial charge in [0, 0.05) is 36.7 Å². The van der Waals surface area contributed by atoms with Gasteiger partial charge in [0.1, 0.15) is 0 Å². The largest absolute Gasteiger partial charge is 0.468 e. The van der Waals surface area contributed by atoms with Crippen LogP contribution in [0.25, 0.3) is 0 Å². The summed E-state index contributed by atoms with van der Waals surface area (Å²) in [5.74, 6) is -0.572. The van der Waals surface area contributed by atoms with E-state index in [0.29, 0.717) is 5.69 Å². The predicted octanol–water partition coefficient (Wildman–Crippen LogP) is 4.18. The maximum absolute atomic E-state index is 12.4. The molecule has 1 aromatic heterocycles. The lowest BCUT2D eigenvalue weighted by Gasteiger charge is -2.19. The first-order chi connectivity index (χ1) is 12.8. The van der Waals surface area contributed by atoms with Gasteiger partial charge in [0.2, 0.25) is 5.88 Å². The van der Waals surface area contributed by atoms with Crippen molar-refractivity contribution in [2.24, 2.45) is 0 Å². The van der Waals surface area contributed by atoms with Gasteiger partial charge in [-0.1, -0.05) is 0 Å². The molecule has 1 aliphatic rings. The van der Waals surface area contributed by atoms with E-state index in [2.05, 4.69) is 19.9 Å². The molecule has 0 radical (unpaired) electrons. The van der Waals surface area contributed by atoms with Gasteiger partial charge in [-0.15, -0.1) is 0 Å². The number of hydrogen-bond donors (Lipinski definition) is 1. The Morgan fingerprint density at radius 2 is 1.96 bits per heavy atom. The van der Waals surface area contributed by atoms with Gasteiger partial charge >= 0.3 is 6.18 Å². The Labute approximate surface area is 155 Å². The van der Waals surface area contributed by atoms with Crippen molar-refractivity contribution in [3.63, 3.8) is 0 Å². The summed E-state index contributed by atoms with van der Waals surface area (Å²) in [6, 6.07) is 8.48. The molecule has 1 saturated heterocycles. The van der Waals surface area contributed by atoms with E-state index in [9.17, 15) is 18.0 Å². The van der Waals surface area contributed by atoms with Crippen LogP contribution in [0.5, 0.6) is 5.88 Å². The molecule has 2 heterocycles. The summed E-state index contributed by atoms with van der Waals surface area (Å²) < 4.78 is 40.9. The van der Waals surface area contributed by atoms with E-state index in [1.54, 1.807) is 0 Å². The van der Waals surface area contributed by atoms with Gasteiger partial charge in [0.15, 0.2) is 6.61 Å². The molecule has 0 atom stereocenters. The molecule has 0 aliphatic carbocycles. The third kappa shape index (κ3) is 5.12. The van der Waals surface area contributed by atoms with Crippen molar-refractivity contribution in [1.82, 2.24) is 4.98 Å². The van der Waals surface area contributed by atoms with Crippen LogP contribution in [0.15, 0.2) is 36.5 Å². The van der Waals surface area contributed by atoms with Crippen LogP contribution in [-0.2, 0) is 0 Å². The normalized spacial score (nSPS) is 14.3. The number of aryl methyl sites for hydroxylation is 1. The van der Waals surface area contributed by atoms with Gasteiger partial charge in [0.05, 0.1) is 5.56 Å². The average Bonchev–Trinajstić information content (AvgIpc) is 3.16. The van der Waals surface area contributed by atoms with E-state index < -0.39 is 12.8 Å². The Morgan fingerprint density at radius 1 is 1.22 bits per heavy atom. The van der Waals surface area contributed by atoms with Crippen LogP contribution in [0.4, 0.5) is 24.5 Å². The molecule has 1 aromatic carbocycles. The van der Waals surface area contributed by atoms with E-state index in [0.717, 1.165) is 24.3 Å². The highest BCUT2D eigenvalue weighted by molar-refractivity contribution is 6.04. The SMILES string of the molecule is Cc1cc(N2CCCC2)ccc1NC(=O)c1ccc(OCC(F)(F)F)nc1. The summed E-state index contributed by atoms with van der Waals surface area (Å²) in [5, 5.41) is 2.80. The molecule has 1 aliphatic heterocycles. The number of aromatic nitrogens is 1. The van der Waals surface area contributed by atoms with Gasteiger partial charge in [-0.2, -0.15) is 13.2 Å². The monoisotopic (exact) mass is 379 g/mol. The highest BCUT2D eigenvalue weighted by Crippen LogP contribution is 2.26. The summed E-state index contributed by atoms with van der Waals surface area (Å²) in [6.45, 7) is 2.58. The minimum atomic E-state index is -4.43. The van der Waals surface area contributed by atoms with Crippen molar-refractivity contribution < 1.29 is 22.7 Å². The Morgan fingerprint density at radius 3 is 2.56 bits per heavy atom. The van der Waals surface area contributed by atoms with Gasteiger partial charge in [-0.05, 0) is 49.6 Å². The predicted molar refractivity (Wildman–Crippen MR) is 96.4 cm³/mol. The van der Waals surface area contributed by atoms with E-state index in [-0.39, 0.29) is 17.4 Å². The first-order valence-corrected chi connectivity index (χ1v) is 8.64. The maximum atomic E-state index is 12.4. The smallest absolute Gasteiger partial charge is 0.422 e. The quantitative estimate of drug-likeness (QED) is 0.847. The number of halogens is 3. The Kier molecular flexibility index (Phi) is 5.53. The number of alkyl halides is 3. The second-order valence-corrected chi connectivity index (χ2v) is 6.44. The molecule has 1 fully saturated rings. The first-order valence-electron chi connectivity index (χ1n) is 8.64. The Balaban J connectivity index is 1.63. The van der Waals surface area contributed by atoms with E-state index in [1.807, 2.05) is 25.1 Å². The zero-order valence-corrected chi connectivity index (χ0v) is 14.8. The summed E-state index contributed by atoms with van der Waals surface area (Å²) in [4.78, 5) is 18.4. The molecule has 8 heteroatoms. The topological polar surface area (TPSA) is 54.5 Å². The Hall–Kier alpha value is -2.77. The molecule has 27 heavy (non-hydrogen) atoms. The van der Waals surface area contributed by atoms with Crippen LogP contribution in [-0.4, -0.2) is 36.8 Å². The molecule has 0 saturated carbocycles. The van der Waals surface area contributed by atoms with E-state index in [4.69, 9.17) is 0 Å². The number of ether oxygens (including phenoxy) is 1. The van der Waals surface area contributed by atoms with Crippen molar-refractivity contribution in [3.05, 3.63) is 47.7 Å². The number of benzene rings is 1. The third-order valence-electron chi connectivity index (χ3n) is 4.31.